The number of anilines is 1. The highest BCUT2D eigenvalue weighted by Crippen LogP contribution is 2.30. The molecule has 19 heavy (non-hydrogen) atoms. The minimum atomic E-state index is -0.0172. The molecule has 0 aliphatic carbocycles. The summed E-state index contributed by atoms with van der Waals surface area (Å²) in [5.41, 5.74) is 2.95. The Hall–Kier alpha value is -1.53. The van der Waals surface area contributed by atoms with Crippen LogP contribution in [-0.2, 0) is 4.74 Å². The van der Waals surface area contributed by atoms with Gasteiger partial charge in [-0.25, -0.2) is 0 Å². The molecule has 0 aromatic heterocycles. The van der Waals surface area contributed by atoms with Gasteiger partial charge in [-0.3, -0.25) is 0 Å². The van der Waals surface area contributed by atoms with Crippen LogP contribution in [0.4, 0.5) is 5.69 Å². The standard InChI is InChI=1S/C16H22N2O/c1-4-16(3)10-14(7-8-19-16)18-15-9-13(11-17)6-5-12(15)2/h5-6,9,14,18H,4,7-8,10H2,1-3H3. The van der Waals surface area contributed by atoms with Gasteiger partial charge in [0.1, 0.15) is 0 Å². The van der Waals surface area contributed by atoms with E-state index in [-0.39, 0.29) is 5.60 Å². The first-order chi connectivity index (χ1) is 9.06. The first-order valence-electron chi connectivity index (χ1n) is 6.97. The van der Waals surface area contributed by atoms with Crippen molar-refractivity contribution in [3.05, 3.63) is 29.3 Å². The van der Waals surface area contributed by atoms with E-state index in [1.54, 1.807) is 0 Å². The van der Waals surface area contributed by atoms with Crippen molar-refractivity contribution in [2.45, 2.75) is 51.7 Å². The van der Waals surface area contributed by atoms with E-state index in [0.29, 0.717) is 11.6 Å². The van der Waals surface area contributed by atoms with Gasteiger partial charge in [-0.2, -0.15) is 5.26 Å². The van der Waals surface area contributed by atoms with Gasteiger partial charge in [-0.1, -0.05) is 13.0 Å². The molecule has 0 saturated carbocycles. The summed E-state index contributed by atoms with van der Waals surface area (Å²) in [6.07, 6.45) is 3.06. The highest BCUT2D eigenvalue weighted by Gasteiger charge is 2.31. The Bertz CT molecular complexity index is 492. The second-order valence-electron chi connectivity index (χ2n) is 5.63. The number of nitrogens with zero attached hydrogens (tertiary/aromatic N) is 1. The van der Waals surface area contributed by atoms with Crippen LogP contribution in [0.5, 0.6) is 0 Å². The summed E-state index contributed by atoms with van der Waals surface area (Å²) in [6, 6.07) is 8.42. The normalized spacial score (nSPS) is 26.7. The molecule has 1 aliphatic heterocycles. The number of hydrogen-bond donors (Lipinski definition) is 1. The van der Waals surface area contributed by atoms with E-state index < -0.39 is 0 Å². The zero-order valence-electron chi connectivity index (χ0n) is 12.0. The summed E-state index contributed by atoms with van der Waals surface area (Å²) in [5, 5.41) is 12.6. The molecular weight excluding hydrogens is 236 g/mol. The second-order valence-corrected chi connectivity index (χ2v) is 5.63. The van der Waals surface area contributed by atoms with Crippen molar-refractivity contribution in [3.63, 3.8) is 0 Å². The monoisotopic (exact) mass is 258 g/mol. The maximum Gasteiger partial charge on any atom is 0.0992 e. The van der Waals surface area contributed by atoms with Gasteiger partial charge in [0.25, 0.3) is 0 Å². The molecule has 0 spiro atoms. The number of aryl methyl sites for hydroxylation is 1. The molecule has 102 valence electrons. The molecule has 1 aromatic carbocycles. The largest absolute Gasteiger partial charge is 0.382 e. The third-order valence-corrected chi connectivity index (χ3v) is 4.07. The van der Waals surface area contributed by atoms with Crippen LogP contribution in [0.3, 0.4) is 0 Å². The summed E-state index contributed by atoms with van der Waals surface area (Å²) in [7, 11) is 0. The van der Waals surface area contributed by atoms with Crippen LogP contribution in [0.25, 0.3) is 0 Å². The van der Waals surface area contributed by atoms with Gasteiger partial charge in [-0.15, -0.1) is 0 Å². The summed E-state index contributed by atoms with van der Waals surface area (Å²) < 4.78 is 5.87. The molecule has 0 radical (unpaired) electrons. The molecule has 1 N–H and O–H groups in total. The molecule has 2 unspecified atom stereocenters. The molecule has 2 atom stereocenters. The van der Waals surface area contributed by atoms with Gasteiger partial charge in [0, 0.05) is 18.3 Å². The molecule has 3 heteroatoms. The lowest BCUT2D eigenvalue weighted by molar-refractivity contribution is -0.0708. The predicted octanol–water partition coefficient (Wildman–Crippen LogP) is 3.63. The van der Waals surface area contributed by atoms with E-state index in [2.05, 4.69) is 32.2 Å². The fraction of sp³-hybridized carbons (Fsp3) is 0.562. The molecule has 0 amide bonds. The topological polar surface area (TPSA) is 45.0 Å². The highest BCUT2D eigenvalue weighted by atomic mass is 16.5. The number of benzene rings is 1. The van der Waals surface area contributed by atoms with Crippen LogP contribution >= 0.6 is 0 Å². The third-order valence-electron chi connectivity index (χ3n) is 4.07. The summed E-state index contributed by atoms with van der Waals surface area (Å²) in [6.45, 7) is 7.23. The minimum Gasteiger partial charge on any atom is -0.382 e. The average molecular weight is 258 g/mol. The smallest absolute Gasteiger partial charge is 0.0992 e. The molecule has 1 aliphatic rings. The first kappa shape index (κ1) is 13.9. The first-order valence-corrected chi connectivity index (χ1v) is 6.97. The maximum absolute atomic E-state index is 8.98. The van der Waals surface area contributed by atoms with Gasteiger partial charge in [0.15, 0.2) is 0 Å². The summed E-state index contributed by atoms with van der Waals surface area (Å²) in [5.74, 6) is 0. The van der Waals surface area contributed by atoms with E-state index in [4.69, 9.17) is 10.00 Å². The molecule has 1 heterocycles. The van der Waals surface area contributed by atoms with Gasteiger partial charge < -0.3 is 10.1 Å². The molecule has 1 saturated heterocycles. The van der Waals surface area contributed by atoms with Crippen molar-refractivity contribution in [1.82, 2.24) is 0 Å². The third kappa shape index (κ3) is 3.27. The van der Waals surface area contributed by atoms with Crippen LogP contribution in [0, 0.1) is 18.3 Å². The lowest BCUT2D eigenvalue weighted by Gasteiger charge is -2.38. The maximum atomic E-state index is 8.98. The van der Waals surface area contributed by atoms with E-state index in [1.165, 1.54) is 5.56 Å². The van der Waals surface area contributed by atoms with Gasteiger partial charge >= 0.3 is 0 Å². The zero-order chi connectivity index (χ0) is 13.9. The van der Waals surface area contributed by atoms with Crippen LogP contribution in [0.15, 0.2) is 18.2 Å². The summed E-state index contributed by atoms with van der Waals surface area (Å²) >= 11 is 0. The Labute approximate surface area is 115 Å². The van der Waals surface area contributed by atoms with E-state index in [9.17, 15) is 0 Å². The van der Waals surface area contributed by atoms with Gasteiger partial charge in [-0.05, 0) is 50.8 Å². The minimum absolute atomic E-state index is 0.0172. The Kier molecular flexibility index (Phi) is 4.11. The van der Waals surface area contributed by atoms with Crippen molar-refractivity contribution < 1.29 is 4.74 Å². The Morgan fingerprint density at radius 3 is 3.00 bits per heavy atom. The van der Waals surface area contributed by atoms with Crippen LogP contribution in [-0.4, -0.2) is 18.2 Å². The van der Waals surface area contributed by atoms with Gasteiger partial charge in [0.05, 0.1) is 17.2 Å². The van der Waals surface area contributed by atoms with Crippen LogP contribution < -0.4 is 5.32 Å². The van der Waals surface area contributed by atoms with Crippen LogP contribution in [0.2, 0.25) is 0 Å². The Morgan fingerprint density at radius 1 is 1.53 bits per heavy atom. The number of nitrogens with one attached hydrogen (secondary N) is 1. The number of hydrogen-bond acceptors (Lipinski definition) is 3. The fourth-order valence-electron chi connectivity index (χ4n) is 2.57. The van der Waals surface area contributed by atoms with E-state index in [0.717, 1.165) is 31.6 Å². The second kappa shape index (κ2) is 5.63. The quantitative estimate of drug-likeness (QED) is 0.900. The number of rotatable bonds is 3. The molecule has 1 aromatic rings. The highest BCUT2D eigenvalue weighted by molar-refractivity contribution is 5.55. The van der Waals surface area contributed by atoms with Crippen molar-refractivity contribution in [2.24, 2.45) is 0 Å². The lowest BCUT2D eigenvalue weighted by atomic mass is 9.89. The van der Waals surface area contributed by atoms with Crippen molar-refractivity contribution in [1.29, 1.82) is 5.26 Å². The molecular formula is C16H22N2O. The summed E-state index contributed by atoms with van der Waals surface area (Å²) in [4.78, 5) is 0. The van der Waals surface area contributed by atoms with Crippen molar-refractivity contribution in [3.8, 4) is 6.07 Å². The van der Waals surface area contributed by atoms with Crippen molar-refractivity contribution in [2.75, 3.05) is 11.9 Å². The average Bonchev–Trinajstić information content (AvgIpc) is 2.41. The van der Waals surface area contributed by atoms with Crippen molar-refractivity contribution >= 4 is 5.69 Å². The van der Waals surface area contributed by atoms with Crippen LogP contribution in [0.1, 0.15) is 44.2 Å². The van der Waals surface area contributed by atoms with E-state index in [1.807, 2.05) is 18.2 Å². The molecule has 2 rings (SSSR count). The molecule has 3 nitrogen and oxygen atoms in total. The predicted molar refractivity (Wildman–Crippen MR) is 77.2 cm³/mol. The number of nitriles is 1. The Morgan fingerprint density at radius 2 is 2.32 bits per heavy atom. The van der Waals surface area contributed by atoms with Gasteiger partial charge in [0.2, 0.25) is 0 Å². The SMILES string of the molecule is CCC1(C)CC(Nc2cc(C#N)ccc2C)CCO1. The number of ether oxygens (including phenoxy) is 1. The molecule has 0 bridgehead atoms. The molecule has 1 fully saturated rings. The fourth-order valence-corrected chi connectivity index (χ4v) is 2.57. The van der Waals surface area contributed by atoms with E-state index >= 15 is 0 Å². The lowest BCUT2D eigenvalue weighted by Crippen LogP contribution is -2.41. The zero-order valence-corrected chi connectivity index (χ0v) is 12.0. The Balaban J connectivity index is 2.11.